The Morgan fingerprint density at radius 3 is 2.50 bits per heavy atom. The SMILES string of the molecule is CCN1CCN(c2ccc(C)cc2CCN)CC1. The molecule has 18 heavy (non-hydrogen) atoms. The molecular weight excluding hydrogens is 222 g/mol. The van der Waals surface area contributed by atoms with Gasteiger partial charge < -0.3 is 15.5 Å². The quantitative estimate of drug-likeness (QED) is 0.878. The number of likely N-dealkylation sites (N-methyl/N-ethyl adjacent to an activating group) is 1. The monoisotopic (exact) mass is 247 g/mol. The summed E-state index contributed by atoms with van der Waals surface area (Å²) in [5.41, 5.74) is 9.85. The van der Waals surface area contributed by atoms with Gasteiger partial charge in [-0.1, -0.05) is 24.6 Å². The first-order valence-electron chi connectivity index (χ1n) is 7.01. The van der Waals surface area contributed by atoms with Gasteiger partial charge in [0, 0.05) is 31.9 Å². The van der Waals surface area contributed by atoms with Crippen LogP contribution in [0.5, 0.6) is 0 Å². The van der Waals surface area contributed by atoms with Crippen LogP contribution in [0.3, 0.4) is 0 Å². The van der Waals surface area contributed by atoms with Crippen LogP contribution < -0.4 is 10.6 Å². The molecule has 3 heteroatoms. The Morgan fingerprint density at radius 1 is 1.17 bits per heavy atom. The lowest BCUT2D eigenvalue weighted by Crippen LogP contribution is -2.46. The lowest BCUT2D eigenvalue weighted by molar-refractivity contribution is 0.271. The van der Waals surface area contributed by atoms with Gasteiger partial charge in [-0.15, -0.1) is 0 Å². The van der Waals surface area contributed by atoms with Crippen LogP contribution in [0.1, 0.15) is 18.1 Å². The normalized spacial score (nSPS) is 17.2. The van der Waals surface area contributed by atoms with Crippen LogP contribution in [0.15, 0.2) is 18.2 Å². The number of anilines is 1. The first kappa shape index (κ1) is 13.4. The van der Waals surface area contributed by atoms with Crippen molar-refractivity contribution in [2.24, 2.45) is 5.73 Å². The van der Waals surface area contributed by atoms with Gasteiger partial charge in [0.1, 0.15) is 0 Å². The predicted octanol–water partition coefficient (Wildman–Crippen LogP) is 1.64. The molecule has 1 aromatic rings. The molecule has 0 aliphatic carbocycles. The number of hydrogen-bond acceptors (Lipinski definition) is 3. The van der Waals surface area contributed by atoms with Gasteiger partial charge in [-0.25, -0.2) is 0 Å². The molecule has 0 atom stereocenters. The van der Waals surface area contributed by atoms with Crippen LogP contribution in [0, 0.1) is 6.92 Å². The third-order valence-electron chi connectivity index (χ3n) is 3.81. The van der Waals surface area contributed by atoms with Gasteiger partial charge in [0.2, 0.25) is 0 Å². The van der Waals surface area contributed by atoms with Crippen LogP contribution in [-0.2, 0) is 6.42 Å². The lowest BCUT2D eigenvalue weighted by atomic mass is 10.0. The summed E-state index contributed by atoms with van der Waals surface area (Å²) in [6.45, 7) is 10.9. The summed E-state index contributed by atoms with van der Waals surface area (Å²) in [7, 11) is 0. The van der Waals surface area contributed by atoms with Gasteiger partial charge in [0.05, 0.1) is 0 Å². The molecule has 0 radical (unpaired) electrons. The van der Waals surface area contributed by atoms with E-state index in [1.165, 1.54) is 29.9 Å². The molecule has 2 rings (SSSR count). The van der Waals surface area contributed by atoms with E-state index in [2.05, 4.69) is 41.8 Å². The Labute approximate surface area is 111 Å². The number of aryl methyl sites for hydroxylation is 1. The van der Waals surface area contributed by atoms with E-state index in [1.807, 2.05) is 0 Å². The molecule has 3 nitrogen and oxygen atoms in total. The predicted molar refractivity (Wildman–Crippen MR) is 78.3 cm³/mol. The molecule has 1 heterocycles. The second-order valence-corrected chi connectivity index (χ2v) is 5.09. The summed E-state index contributed by atoms with van der Waals surface area (Å²) < 4.78 is 0. The van der Waals surface area contributed by atoms with E-state index >= 15 is 0 Å². The molecule has 2 N–H and O–H groups in total. The van der Waals surface area contributed by atoms with Crippen molar-refractivity contribution in [3.05, 3.63) is 29.3 Å². The minimum absolute atomic E-state index is 0.728. The number of benzene rings is 1. The van der Waals surface area contributed by atoms with Crippen molar-refractivity contribution in [3.63, 3.8) is 0 Å². The van der Waals surface area contributed by atoms with Crippen LogP contribution in [0.25, 0.3) is 0 Å². The highest BCUT2D eigenvalue weighted by atomic mass is 15.3. The summed E-state index contributed by atoms with van der Waals surface area (Å²) in [5, 5.41) is 0. The number of nitrogens with two attached hydrogens (primary N) is 1. The Morgan fingerprint density at radius 2 is 1.89 bits per heavy atom. The lowest BCUT2D eigenvalue weighted by Gasteiger charge is -2.36. The van der Waals surface area contributed by atoms with Crippen molar-refractivity contribution < 1.29 is 0 Å². The molecule has 100 valence electrons. The minimum Gasteiger partial charge on any atom is -0.369 e. The van der Waals surface area contributed by atoms with Gasteiger partial charge in [0.15, 0.2) is 0 Å². The van der Waals surface area contributed by atoms with Gasteiger partial charge in [-0.05, 0) is 38.1 Å². The maximum atomic E-state index is 5.73. The van der Waals surface area contributed by atoms with Crippen molar-refractivity contribution in [1.82, 2.24) is 4.90 Å². The van der Waals surface area contributed by atoms with Crippen molar-refractivity contribution >= 4 is 5.69 Å². The average molecular weight is 247 g/mol. The fraction of sp³-hybridized carbons (Fsp3) is 0.600. The van der Waals surface area contributed by atoms with Gasteiger partial charge >= 0.3 is 0 Å². The number of hydrogen-bond donors (Lipinski definition) is 1. The molecule has 1 fully saturated rings. The zero-order valence-corrected chi connectivity index (χ0v) is 11.7. The minimum atomic E-state index is 0.728. The van der Waals surface area contributed by atoms with Crippen molar-refractivity contribution in [2.45, 2.75) is 20.3 Å². The number of piperazine rings is 1. The van der Waals surface area contributed by atoms with Gasteiger partial charge in [-0.2, -0.15) is 0 Å². The van der Waals surface area contributed by atoms with E-state index < -0.39 is 0 Å². The van der Waals surface area contributed by atoms with Crippen LogP contribution in [0.2, 0.25) is 0 Å². The molecule has 0 aromatic heterocycles. The van der Waals surface area contributed by atoms with Crippen molar-refractivity contribution in [3.8, 4) is 0 Å². The molecule has 0 spiro atoms. The molecule has 1 aliphatic rings. The second-order valence-electron chi connectivity index (χ2n) is 5.09. The highest BCUT2D eigenvalue weighted by molar-refractivity contribution is 5.55. The van der Waals surface area contributed by atoms with E-state index in [-0.39, 0.29) is 0 Å². The van der Waals surface area contributed by atoms with Crippen molar-refractivity contribution in [1.29, 1.82) is 0 Å². The van der Waals surface area contributed by atoms with E-state index in [4.69, 9.17) is 5.73 Å². The highest BCUT2D eigenvalue weighted by Crippen LogP contribution is 2.23. The number of rotatable bonds is 4. The fourth-order valence-electron chi connectivity index (χ4n) is 2.68. The van der Waals surface area contributed by atoms with E-state index in [0.29, 0.717) is 0 Å². The van der Waals surface area contributed by atoms with Gasteiger partial charge in [-0.3, -0.25) is 0 Å². The Balaban J connectivity index is 2.13. The van der Waals surface area contributed by atoms with Gasteiger partial charge in [0.25, 0.3) is 0 Å². The third kappa shape index (κ3) is 3.03. The van der Waals surface area contributed by atoms with Crippen LogP contribution >= 0.6 is 0 Å². The molecular formula is C15H25N3. The summed E-state index contributed by atoms with van der Waals surface area (Å²) in [6.07, 6.45) is 0.977. The van der Waals surface area contributed by atoms with Crippen LogP contribution in [-0.4, -0.2) is 44.2 Å². The Bertz CT molecular complexity index is 381. The molecule has 0 saturated carbocycles. The smallest absolute Gasteiger partial charge is 0.0400 e. The average Bonchev–Trinajstić information content (AvgIpc) is 2.40. The molecule has 0 amide bonds. The Kier molecular flexibility index (Phi) is 4.61. The highest BCUT2D eigenvalue weighted by Gasteiger charge is 2.17. The third-order valence-corrected chi connectivity index (χ3v) is 3.81. The summed E-state index contributed by atoms with van der Waals surface area (Å²) in [4.78, 5) is 5.02. The van der Waals surface area contributed by atoms with Crippen LogP contribution in [0.4, 0.5) is 5.69 Å². The van der Waals surface area contributed by atoms with E-state index in [9.17, 15) is 0 Å². The first-order valence-corrected chi connectivity index (χ1v) is 7.01. The van der Waals surface area contributed by atoms with E-state index in [0.717, 1.165) is 32.6 Å². The zero-order chi connectivity index (χ0) is 13.0. The summed E-state index contributed by atoms with van der Waals surface area (Å²) >= 11 is 0. The molecule has 1 saturated heterocycles. The van der Waals surface area contributed by atoms with E-state index in [1.54, 1.807) is 0 Å². The zero-order valence-electron chi connectivity index (χ0n) is 11.7. The standard InChI is InChI=1S/C15H25N3/c1-3-17-8-10-18(11-9-17)15-5-4-13(2)12-14(15)6-7-16/h4-5,12H,3,6-11,16H2,1-2H3. The number of nitrogens with zero attached hydrogens (tertiary/aromatic N) is 2. The maximum Gasteiger partial charge on any atom is 0.0400 e. The summed E-state index contributed by atoms with van der Waals surface area (Å²) in [6, 6.07) is 6.76. The Hall–Kier alpha value is -1.06. The maximum absolute atomic E-state index is 5.73. The molecule has 1 aliphatic heterocycles. The first-order chi connectivity index (χ1) is 8.74. The second kappa shape index (κ2) is 6.21. The largest absolute Gasteiger partial charge is 0.369 e. The fourth-order valence-corrected chi connectivity index (χ4v) is 2.68. The summed E-state index contributed by atoms with van der Waals surface area (Å²) in [5.74, 6) is 0. The molecule has 1 aromatic carbocycles. The van der Waals surface area contributed by atoms with Crippen molar-refractivity contribution in [2.75, 3.05) is 44.2 Å². The topological polar surface area (TPSA) is 32.5 Å². The molecule has 0 unspecified atom stereocenters. The molecule has 0 bridgehead atoms.